The van der Waals surface area contributed by atoms with Crippen molar-refractivity contribution >= 4 is 21.6 Å². The largest absolute Gasteiger partial charge is 0.467 e. The highest BCUT2D eigenvalue weighted by atomic mass is 32.1. The second-order valence-corrected chi connectivity index (χ2v) is 9.96. The van der Waals surface area contributed by atoms with E-state index in [1.54, 1.807) is 24.7 Å². The molecule has 9 heteroatoms. The molecule has 180 valence electrons. The van der Waals surface area contributed by atoms with Gasteiger partial charge in [0.25, 0.3) is 5.56 Å². The number of hydrogen-bond acceptors (Lipinski definition) is 8. The van der Waals surface area contributed by atoms with E-state index >= 15 is 0 Å². The van der Waals surface area contributed by atoms with Gasteiger partial charge in [0.15, 0.2) is 0 Å². The molecule has 0 unspecified atom stereocenters. The number of aliphatic hydroxyl groups is 1. The third-order valence-electron chi connectivity index (χ3n) is 6.01. The summed E-state index contributed by atoms with van der Waals surface area (Å²) in [7, 11) is 1.67. The summed E-state index contributed by atoms with van der Waals surface area (Å²) in [6.07, 6.45) is 4.84. The van der Waals surface area contributed by atoms with Crippen LogP contribution in [0.1, 0.15) is 41.8 Å². The van der Waals surface area contributed by atoms with Crippen molar-refractivity contribution in [3.05, 3.63) is 50.8 Å². The van der Waals surface area contributed by atoms with E-state index in [1.807, 2.05) is 12.1 Å². The highest BCUT2D eigenvalue weighted by molar-refractivity contribution is 7.18. The van der Waals surface area contributed by atoms with Crippen LogP contribution in [0.15, 0.2) is 27.6 Å². The van der Waals surface area contributed by atoms with E-state index in [2.05, 4.69) is 16.8 Å². The number of thiophene rings is 1. The average Bonchev–Trinajstić information content (AvgIpc) is 3.41. The lowest BCUT2D eigenvalue weighted by Crippen LogP contribution is -2.36. The van der Waals surface area contributed by atoms with E-state index in [-0.39, 0.29) is 12.2 Å². The summed E-state index contributed by atoms with van der Waals surface area (Å²) in [4.78, 5) is 24.9. The van der Waals surface area contributed by atoms with Crippen molar-refractivity contribution in [1.82, 2.24) is 14.9 Å². The van der Waals surface area contributed by atoms with Gasteiger partial charge in [-0.2, -0.15) is 0 Å². The van der Waals surface area contributed by atoms with Gasteiger partial charge in [0.1, 0.15) is 23.0 Å². The van der Waals surface area contributed by atoms with Crippen LogP contribution in [0.25, 0.3) is 10.2 Å². The Morgan fingerprint density at radius 3 is 3.12 bits per heavy atom. The van der Waals surface area contributed by atoms with Crippen molar-refractivity contribution in [3.8, 4) is 0 Å². The minimum atomic E-state index is -0.673. The topological polar surface area (TPSA) is 101 Å². The summed E-state index contributed by atoms with van der Waals surface area (Å²) in [5.74, 6) is 2.00. The molecule has 0 aliphatic heterocycles. The molecule has 1 aliphatic rings. The van der Waals surface area contributed by atoms with Crippen LogP contribution in [-0.4, -0.2) is 59.5 Å². The first kappa shape index (κ1) is 24.1. The maximum Gasteiger partial charge on any atom is 0.259 e. The van der Waals surface area contributed by atoms with Gasteiger partial charge < -0.3 is 24.0 Å². The number of nitrogens with one attached hydrogen (secondary N) is 1. The molecule has 2 atom stereocenters. The lowest BCUT2D eigenvalue weighted by atomic mass is 9.89. The van der Waals surface area contributed by atoms with E-state index in [0.29, 0.717) is 44.6 Å². The number of aromatic amines is 1. The molecule has 0 saturated heterocycles. The van der Waals surface area contributed by atoms with Crippen molar-refractivity contribution in [1.29, 1.82) is 0 Å². The molecule has 8 nitrogen and oxygen atoms in total. The van der Waals surface area contributed by atoms with Gasteiger partial charge in [0, 0.05) is 31.7 Å². The molecule has 33 heavy (non-hydrogen) atoms. The zero-order valence-corrected chi connectivity index (χ0v) is 20.2. The van der Waals surface area contributed by atoms with Crippen LogP contribution in [-0.2, 0) is 35.5 Å². The van der Waals surface area contributed by atoms with Gasteiger partial charge in [0.05, 0.1) is 30.9 Å². The van der Waals surface area contributed by atoms with Gasteiger partial charge in [-0.1, -0.05) is 6.92 Å². The summed E-state index contributed by atoms with van der Waals surface area (Å²) in [6, 6.07) is 3.65. The molecule has 0 bridgehead atoms. The molecule has 0 spiro atoms. The van der Waals surface area contributed by atoms with Crippen molar-refractivity contribution in [2.45, 2.75) is 51.9 Å². The Hall–Kier alpha value is -2.04. The van der Waals surface area contributed by atoms with Gasteiger partial charge in [-0.15, -0.1) is 11.3 Å². The van der Waals surface area contributed by atoms with Gasteiger partial charge in [-0.25, -0.2) is 4.98 Å². The number of aliphatic hydroxyl groups excluding tert-OH is 1. The van der Waals surface area contributed by atoms with Crippen LogP contribution in [0.5, 0.6) is 0 Å². The maximum atomic E-state index is 12.9. The molecular weight excluding hydrogens is 442 g/mol. The summed E-state index contributed by atoms with van der Waals surface area (Å²) in [6.45, 7) is 4.97. The molecule has 3 aromatic rings. The second kappa shape index (κ2) is 11.4. The molecule has 0 aromatic carbocycles. The predicted octanol–water partition coefficient (Wildman–Crippen LogP) is 3.12. The van der Waals surface area contributed by atoms with Crippen LogP contribution < -0.4 is 5.56 Å². The molecule has 2 N–H and O–H groups in total. The standard InChI is InChI=1S/C24H33N3O5S/c1-16-6-7-19-20(11-16)33-24-22(19)23(29)25-21(26-24)13-27(8-4-9-30-2)12-17(28)14-31-15-18-5-3-10-32-18/h3,5,10,16-17,28H,4,6-9,11-15H2,1-2H3,(H,25,26,29)/t16-,17-/m0/s1. The number of ether oxygens (including phenoxy) is 2. The monoisotopic (exact) mass is 475 g/mol. The number of fused-ring (bicyclic) bond motifs is 3. The molecule has 0 amide bonds. The number of methoxy groups -OCH3 is 1. The number of nitrogens with zero attached hydrogens (tertiary/aromatic N) is 2. The minimum Gasteiger partial charge on any atom is -0.467 e. The average molecular weight is 476 g/mol. The first-order valence-corrected chi connectivity index (χ1v) is 12.4. The first-order valence-electron chi connectivity index (χ1n) is 11.6. The molecule has 4 rings (SSSR count). The fourth-order valence-electron chi connectivity index (χ4n) is 4.39. The third-order valence-corrected chi connectivity index (χ3v) is 7.16. The van der Waals surface area contributed by atoms with Crippen LogP contribution in [0.3, 0.4) is 0 Å². The molecule has 3 heterocycles. The Labute approximate surface area is 197 Å². The maximum absolute atomic E-state index is 12.9. The molecular formula is C24H33N3O5S. The SMILES string of the molecule is COCCCN(Cc1nc2sc3c(c2c(=O)[nH]1)CC[C@H](C)C3)C[C@H](O)COCc1ccco1. The Balaban J connectivity index is 1.43. The quantitative estimate of drug-likeness (QED) is 0.388. The Kier molecular flexibility index (Phi) is 8.32. The summed E-state index contributed by atoms with van der Waals surface area (Å²) >= 11 is 1.66. The molecule has 0 saturated carbocycles. The van der Waals surface area contributed by atoms with Crippen molar-refractivity contribution in [3.63, 3.8) is 0 Å². The van der Waals surface area contributed by atoms with E-state index in [1.165, 1.54) is 10.4 Å². The minimum absolute atomic E-state index is 0.0544. The number of rotatable bonds is 12. The highest BCUT2D eigenvalue weighted by Gasteiger charge is 2.23. The van der Waals surface area contributed by atoms with E-state index < -0.39 is 6.10 Å². The number of H-pyrrole nitrogens is 1. The van der Waals surface area contributed by atoms with Crippen molar-refractivity contribution < 1.29 is 19.0 Å². The van der Waals surface area contributed by atoms with Gasteiger partial charge in [-0.3, -0.25) is 9.69 Å². The smallest absolute Gasteiger partial charge is 0.259 e. The fourth-order valence-corrected chi connectivity index (χ4v) is 5.79. The van der Waals surface area contributed by atoms with Crippen LogP contribution in [0, 0.1) is 5.92 Å². The lowest BCUT2D eigenvalue weighted by Gasteiger charge is -2.24. The summed E-state index contributed by atoms with van der Waals surface area (Å²) < 4.78 is 16.0. The van der Waals surface area contributed by atoms with E-state index in [0.717, 1.165) is 41.7 Å². The Bertz CT molecular complexity index is 1080. The van der Waals surface area contributed by atoms with Crippen LogP contribution in [0.4, 0.5) is 0 Å². The number of aromatic nitrogens is 2. The van der Waals surface area contributed by atoms with Gasteiger partial charge in [0.2, 0.25) is 0 Å². The summed E-state index contributed by atoms with van der Waals surface area (Å²) in [5, 5.41) is 11.3. The lowest BCUT2D eigenvalue weighted by molar-refractivity contribution is 0.00246. The normalized spacial score (nSPS) is 17.0. The van der Waals surface area contributed by atoms with E-state index in [9.17, 15) is 9.90 Å². The van der Waals surface area contributed by atoms with Gasteiger partial charge >= 0.3 is 0 Å². The Morgan fingerprint density at radius 1 is 1.45 bits per heavy atom. The zero-order valence-electron chi connectivity index (χ0n) is 19.3. The summed E-state index contributed by atoms with van der Waals surface area (Å²) in [5.41, 5.74) is 1.13. The Morgan fingerprint density at radius 2 is 2.33 bits per heavy atom. The van der Waals surface area contributed by atoms with Crippen molar-refractivity contribution in [2.24, 2.45) is 5.92 Å². The molecule has 0 radical (unpaired) electrons. The van der Waals surface area contributed by atoms with Crippen LogP contribution in [0.2, 0.25) is 0 Å². The molecule has 1 aliphatic carbocycles. The predicted molar refractivity (Wildman–Crippen MR) is 128 cm³/mol. The number of furan rings is 1. The number of hydrogen-bond donors (Lipinski definition) is 2. The van der Waals surface area contributed by atoms with E-state index in [4.69, 9.17) is 18.9 Å². The number of aryl methyl sites for hydroxylation is 1. The van der Waals surface area contributed by atoms with Crippen LogP contribution >= 0.6 is 11.3 Å². The third kappa shape index (κ3) is 6.30. The fraction of sp³-hybridized carbons (Fsp3) is 0.583. The molecule has 0 fully saturated rings. The zero-order chi connectivity index (χ0) is 23.2. The highest BCUT2D eigenvalue weighted by Crippen LogP contribution is 2.35. The van der Waals surface area contributed by atoms with Gasteiger partial charge in [-0.05, 0) is 49.3 Å². The molecule has 3 aromatic heterocycles. The first-order chi connectivity index (χ1) is 16.0. The second-order valence-electron chi connectivity index (χ2n) is 8.87. The van der Waals surface area contributed by atoms with Crippen molar-refractivity contribution in [2.75, 3.05) is 33.4 Å².